The number of nitrogens with zero attached hydrogens (tertiary/aromatic N) is 1. The van der Waals surface area contributed by atoms with Gasteiger partial charge in [-0.15, -0.1) is 0 Å². The molecule has 18 heavy (non-hydrogen) atoms. The van der Waals surface area contributed by atoms with Crippen molar-refractivity contribution in [3.8, 4) is 0 Å². The highest BCUT2D eigenvalue weighted by Crippen LogP contribution is 2.16. The molecule has 0 aromatic heterocycles. The standard InChI is InChI=1S/C13H27N3O2/c1-14-13(17)6-9-16-8-4-3-5-12(16)11-15-7-10-18-2/h12,15H,3-11H2,1-2H3,(H,14,17). The Balaban J connectivity index is 2.25. The molecule has 2 N–H and O–H groups in total. The highest BCUT2D eigenvalue weighted by Gasteiger charge is 2.21. The lowest BCUT2D eigenvalue weighted by molar-refractivity contribution is -0.121. The summed E-state index contributed by atoms with van der Waals surface area (Å²) >= 11 is 0. The Morgan fingerprint density at radius 1 is 1.44 bits per heavy atom. The van der Waals surface area contributed by atoms with E-state index in [1.807, 2.05) is 0 Å². The van der Waals surface area contributed by atoms with E-state index in [0.717, 1.165) is 32.8 Å². The average molecular weight is 257 g/mol. The minimum atomic E-state index is 0.131. The third-order valence-corrected chi connectivity index (χ3v) is 3.52. The van der Waals surface area contributed by atoms with Crippen molar-refractivity contribution in [2.45, 2.75) is 31.7 Å². The summed E-state index contributed by atoms with van der Waals surface area (Å²) in [4.78, 5) is 13.7. The number of piperidine rings is 1. The van der Waals surface area contributed by atoms with E-state index in [4.69, 9.17) is 4.74 Å². The lowest BCUT2D eigenvalue weighted by Gasteiger charge is -2.35. The van der Waals surface area contributed by atoms with Crippen LogP contribution in [0.2, 0.25) is 0 Å². The van der Waals surface area contributed by atoms with Gasteiger partial charge in [0.05, 0.1) is 6.61 Å². The van der Waals surface area contributed by atoms with Gasteiger partial charge in [-0.2, -0.15) is 0 Å². The summed E-state index contributed by atoms with van der Waals surface area (Å²) < 4.78 is 5.02. The highest BCUT2D eigenvalue weighted by molar-refractivity contribution is 5.75. The number of carbonyl (C=O) groups excluding carboxylic acids is 1. The van der Waals surface area contributed by atoms with Crippen LogP contribution < -0.4 is 10.6 Å². The van der Waals surface area contributed by atoms with Crippen LogP contribution in [0.1, 0.15) is 25.7 Å². The van der Waals surface area contributed by atoms with Crippen molar-refractivity contribution >= 4 is 5.91 Å². The minimum Gasteiger partial charge on any atom is -0.383 e. The van der Waals surface area contributed by atoms with Gasteiger partial charge in [-0.1, -0.05) is 6.42 Å². The summed E-state index contributed by atoms with van der Waals surface area (Å²) in [5.74, 6) is 0.131. The Morgan fingerprint density at radius 2 is 2.28 bits per heavy atom. The number of hydrogen-bond donors (Lipinski definition) is 2. The molecule has 1 fully saturated rings. The first kappa shape index (κ1) is 15.4. The van der Waals surface area contributed by atoms with E-state index in [2.05, 4.69) is 15.5 Å². The molecule has 0 aliphatic carbocycles. The molecule has 1 rings (SSSR count). The molecule has 0 aromatic carbocycles. The molecular weight excluding hydrogens is 230 g/mol. The van der Waals surface area contributed by atoms with Gasteiger partial charge in [0.15, 0.2) is 0 Å². The molecule has 0 radical (unpaired) electrons. The second-order valence-electron chi connectivity index (χ2n) is 4.81. The fourth-order valence-corrected chi connectivity index (χ4v) is 2.40. The van der Waals surface area contributed by atoms with E-state index in [1.165, 1.54) is 19.3 Å². The molecule has 5 nitrogen and oxygen atoms in total. The van der Waals surface area contributed by atoms with Crippen LogP contribution in [-0.4, -0.2) is 63.8 Å². The number of amides is 1. The number of carbonyl (C=O) groups is 1. The van der Waals surface area contributed by atoms with Crippen LogP contribution >= 0.6 is 0 Å². The first-order chi connectivity index (χ1) is 8.77. The predicted molar refractivity (Wildman–Crippen MR) is 72.6 cm³/mol. The number of rotatable bonds is 8. The van der Waals surface area contributed by atoms with E-state index in [1.54, 1.807) is 14.2 Å². The average Bonchev–Trinajstić information content (AvgIpc) is 2.42. The smallest absolute Gasteiger partial charge is 0.221 e. The molecule has 1 amide bonds. The van der Waals surface area contributed by atoms with Crippen molar-refractivity contribution in [3.63, 3.8) is 0 Å². The Morgan fingerprint density at radius 3 is 3.00 bits per heavy atom. The van der Waals surface area contributed by atoms with Crippen LogP contribution in [-0.2, 0) is 9.53 Å². The number of hydrogen-bond acceptors (Lipinski definition) is 4. The first-order valence-corrected chi connectivity index (χ1v) is 6.92. The van der Waals surface area contributed by atoms with Gasteiger partial charge in [-0.05, 0) is 19.4 Å². The largest absolute Gasteiger partial charge is 0.383 e. The van der Waals surface area contributed by atoms with Gasteiger partial charge in [-0.3, -0.25) is 9.69 Å². The fraction of sp³-hybridized carbons (Fsp3) is 0.923. The van der Waals surface area contributed by atoms with Gasteiger partial charge in [0, 0.05) is 46.3 Å². The van der Waals surface area contributed by atoms with Crippen LogP contribution in [0.25, 0.3) is 0 Å². The topological polar surface area (TPSA) is 53.6 Å². The number of methoxy groups -OCH3 is 1. The maximum Gasteiger partial charge on any atom is 0.221 e. The summed E-state index contributed by atoms with van der Waals surface area (Å²) in [6, 6.07) is 0.570. The fourth-order valence-electron chi connectivity index (χ4n) is 2.40. The Kier molecular flexibility index (Phi) is 7.96. The molecular formula is C13H27N3O2. The van der Waals surface area contributed by atoms with Crippen LogP contribution in [0.15, 0.2) is 0 Å². The zero-order chi connectivity index (χ0) is 13.2. The monoisotopic (exact) mass is 257 g/mol. The minimum absolute atomic E-state index is 0.131. The van der Waals surface area contributed by atoms with Crippen LogP contribution in [0, 0.1) is 0 Å². The molecule has 106 valence electrons. The number of likely N-dealkylation sites (tertiary alicyclic amines) is 1. The van der Waals surface area contributed by atoms with Crippen LogP contribution in [0.5, 0.6) is 0 Å². The van der Waals surface area contributed by atoms with Gasteiger partial charge < -0.3 is 15.4 Å². The maximum absolute atomic E-state index is 11.3. The molecule has 0 bridgehead atoms. The van der Waals surface area contributed by atoms with Crippen molar-refractivity contribution in [1.29, 1.82) is 0 Å². The summed E-state index contributed by atoms with van der Waals surface area (Å²) in [5, 5.41) is 6.10. The van der Waals surface area contributed by atoms with Crippen LogP contribution in [0.3, 0.4) is 0 Å². The highest BCUT2D eigenvalue weighted by atomic mass is 16.5. The van der Waals surface area contributed by atoms with Gasteiger partial charge in [0.1, 0.15) is 0 Å². The molecule has 1 aliphatic rings. The lowest BCUT2D eigenvalue weighted by atomic mass is 10.0. The summed E-state index contributed by atoms with van der Waals surface area (Å²) in [6.07, 6.45) is 4.38. The zero-order valence-corrected chi connectivity index (χ0v) is 11.7. The molecule has 1 saturated heterocycles. The van der Waals surface area contributed by atoms with Crippen molar-refractivity contribution in [1.82, 2.24) is 15.5 Å². The summed E-state index contributed by atoms with van der Waals surface area (Å²) in [7, 11) is 3.42. The quantitative estimate of drug-likeness (QED) is 0.611. The van der Waals surface area contributed by atoms with Crippen molar-refractivity contribution in [2.75, 3.05) is 46.9 Å². The molecule has 0 saturated carbocycles. The third kappa shape index (κ3) is 5.80. The number of nitrogens with one attached hydrogen (secondary N) is 2. The van der Waals surface area contributed by atoms with Crippen molar-refractivity contribution in [2.24, 2.45) is 0 Å². The second kappa shape index (κ2) is 9.30. The number of ether oxygens (including phenoxy) is 1. The summed E-state index contributed by atoms with van der Waals surface area (Å²) in [6.45, 7) is 4.64. The molecule has 0 spiro atoms. The summed E-state index contributed by atoms with van der Waals surface area (Å²) in [5.41, 5.74) is 0. The van der Waals surface area contributed by atoms with Crippen LogP contribution in [0.4, 0.5) is 0 Å². The van der Waals surface area contributed by atoms with Gasteiger partial charge in [0.25, 0.3) is 0 Å². The predicted octanol–water partition coefficient (Wildman–Crippen LogP) is 0.213. The third-order valence-electron chi connectivity index (χ3n) is 3.52. The Hall–Kier alpha value is -0.650. The van der Waals surface area contributed by atoms with E-state index < -0.39 is 0 Å². The molecule has 0 aromatic rings. The van der Waals surface area contributed by atoms with Gasteiger partial charge in [-0.25, -0.2) is 0 Å². The Labute approximate surface area is 110 Å². The van der Waals surface area contributed by atoms with E-state index >= 15 is 0 Å². The van der Waals surface area contributed by atoms with E-state index in [0.29, 0.717) is 12.5 Å². The molecule has 1 atom stereocenters. The normalized spacial score (nSPS) is 20.9. The van der Waals surface area contributed by atoms with Crippen molar-refractivity contribution in [3.05, 3.63) is 0 Å². The first-order valence-electron chi connectivity index (χ1n) is 6.92. The zero-order valence-electron chi connectivity index (χ0n) is 11.7. The molecule has 5 heteroatoms. The van der Waals surface area contributed by atoms with Gasteiger partial charge in [0.2, 0.25) is 5.91 Å². The molecule has 1 unspecified atom stereocenters. The SMILES string of the molecule is CNC(=O)CCN1CCCCC1CNCCOC. The molecule has 1 aliphatic heterocycles. The van der Waals surface area contributed by atoms with E-state index in [9.17, 15) is 4.79 Å². The maximum atomic E-state index is 11.3. The van der Waals surface area contributed by atoms with E-state index in [-0.39, 0.29) is 5.91 Å². The lowest BCUT2D eigenvalue weighted by Crippen LogP contribution is -2.47. The Bertz CT molecular complexity index is 236. The molecule has 1 heterocycles. The second-order valence-corrected chi connectivity index (χ2v) is 4.81. The van der Waals surface area contributed by atoms with Gasteiger partial charge >= 0.3 is 0 Å². The van der Waals surface area contributed by atoms with Crippen molar-refractivity contribution < 1.29 is 9.53 Å².